The van der Waals surface area contributed by atoms with Crippen LogP contribution in [-0.2, 0) is 9.84 Å². The van der Waals surface area contributed by atoms with E-state index in [-0.39, 0.29) is 53.6 Å². The molecule has 1 saturated heterocycles. The van der Waals surface area contributed by atoms with E-state index >= 15 is 0 Å². The number of piperazine rings is 1. The number of carbonyl (C=O) groups is 1. The number of anilines is 1. The highest BCUT2D eigenvalue weighted by molar-refractivity contribution is 7.90. The number of ether oxygens (including phenoxy) is 1. The van der Waals surface area contributed by atoms with Crippen molar-refractivity contribution in [1.29, 1.82) is 5.26 Å². The number of amides is 1. The van der Waals surface area contributed by atoms with Gasteiger partial charge in [-0.15, -0.1) is 0 Å². The van der Waals surface area contributed by atoms with Crippen molar-refractivity contribution in [2.75, 3.05) is 50.7 Å². The lowest BCUT2D eigenvalue weighted by molar-refractivity contribution is 0.0732. The Morgan fingerprint density at radius 1 is 1.09 bits per heavy atom. The molecule has 0 atom stereocenters. The van der Waals surface area contributed by atoms with Gasteiger partial charge in [0.05, 0.1) is 22.1 Å². The zero-order valence-corrected chi connectivity index (χ0v) is 18.9. The number of benzene rings is 2. The van der Waals surface area contributed by atoms with E-state index < -0.39 is 46.8 Å². The molecule has 0 spiro atoms. The first-order chi connectivity index (χ1) is 16.1. The van der Waals surface area contributed by atoms with Crippen LogP contribution in [0, 0.1) is 23.0 Å². The quantitative estimate of drug-likeness (QED) is 0.545. The molecule has 0 N–H and O–H groups in total. The van der Waals surface area contributed by atoms with Crippen LogP contribution in [0.4, 0.5) is 23.2 Å². The SMILES string of the molecule is CS(=O)(=O)c1ccc(OC(CF)CF)c(C(=O)N2CCN(c3c(F)cc(C#N)cc3F)CC2)c1. The summed E-state index contributed by atoms with van der Waals surface area (Å²) in [5.74, 6) is -2.64. The molecule has 0 aliphatic carbocycles. The lowest BCUT2D eigenvalue weighted by atomic mass is 10.1. The first-order valence-electron chi connectivity index (χ1n) is 10.1. The monoisotopic (exact) mass is 499 g/mol. The summed E-state index contributed by atoms with van der Waals surface area (Å²) in [6.07, 6.45) is -0.516. The van der Waals surface area contributed by atoms with Crippen molar-refractivity contribution in [1.82, 2.24) is 4.90 Å². The van der Waals surface area contributed by atoms with Crippen molar-refractivity contribution >= 4 is 21.4 Å². The minimum Gasteiger partial charge on any atom is -0.484 e. The summed E-state index contributed by atoms with van der Waals surface area (Å²) in [5.41, 5.74) is -0.673. The molecule has 3 rings (SSSR count). The van der Waals surface area contributed by atoms with Gasteiger partial charge < -0.3 is 14.5 Å². The third kappa shape index (κ3) is 5.41. The van der Waals surface area contributed by atoms with Crippen LogP contribution in [0.2, 0.25) is 0 Å². The highest BCUT2D eigenvalue weighted by Crippen LogP contribution is 2.29. The minimum atomic E-state index is -3.69. The predicted octanol–water partition coefficient (Wildman–Crippen LogP) is 2.89. The lowest BCUT2D eigenvalue weighted by Crippen LogP contribution is -2.49. The van der Waals surface area contributed by atoms with E-state index in [1.165, 1.54) is 21.9 Å². The average molecular weight is 499 g/mol. The minimum absolute atomic E-state index is 0.0237. The predicted molar refractivity (Wildman–Crippen MR) is 115 cm³/mol. The highest BCUT2D eigenvalue weighted by atomic mass is 32.2. The molecule has 1 amide bonds. The normalized spacial score (nSPS) is 14.3. The van der Waals surface area contributed by atoms with Crippen LogP contribution in [0.15, 0.2) is 35.2 Å². The van der Waals surface area contributed by atoms with E-state index in [4.69, 9.17) is 10.00 Å². The fourth-order valence-corrected chi connectivity index (χ4v) is 4.18. The van der Waals surface area contributed by atoms with Gasteiger partial charge in [-0.2, -0.15) is 5.26 Å². The zero-order chi connectivity index (χ0) is 25.0. The average Bonchev–Trinajstić information content (AvgIpc) is 2.81. The topological polar surface area (TPSA) is 90.7 Å². The molecule has 7 nitrogen and oxygen atoms in total. The Morgan fingerprint density at radius 3 is 2.18 bits per heavy atom. The molecule has 1 aliphatic heterocycles. The third-order valence-electron chi connectivity index (χ3n) is 5.28. The lowest BCUT2D eigenvalue weighted by Gasteiger charge is -2.36. The van der Waals surface area contributed by atoms with Gasteiger partial charge in [-0.1, -0.05) is 0 Å². The molecule has 34 heavy (non-hydrogen) atoms. The Kier molecular flexibility index (Phi) is 7.66. The second-order valence-corrected chi connectivity index (χ2v) is 9.67. The van der Waals surface area contributed by atoms with Crippen molar-refractivity contribution in [3.63, 3.8) is 0 Å². The molecule has 0 saturated carbocycles. The van der Waals surface area contributed by atoms with Gasteiger partial charge >= 0.3 is 0 Å². The summed E-state index contributed by atoms with van der Waals surface area (Å²) < 4.78 is 83.8. The molecular weight excluding hydrogens is 478 g/mol. The Labute approximate surface area is 194 Å². The molecule has 1 fully saturated rings. The van der Waals surface area contributed by atoms with Gasteiger partial charge in [0.25, 0.3) is 5.91 Å². The van der Waals surface area contributed by atoms with E-state index in [0.717, 1.165) is 24.5 Å². The largest absolute Gasteiger partial charge is 0.484 e. The number of nitriles is 1. The Balaban J connectivity index is 1.85. The van der Waals surface area contributed by atoms with E-state index in [0.29, 0.717) is 0 Å². The fourth-order valence-electron chi connectivity index (χ4n) is 3.53. The van der Waals surface area contributed by atoms with E-state index in [1.807, 2.05) is 0 Å². The van der Waals surface area contributed by atoms with Crippen molar-refractivity contribution in [2.45, 2.75) is 11.0 Å². The summed E-state index contributed by atoms with van der Waals surface area (Å²) >= 11 is 0. The van der Waals surface area contributed by atoms with Crippen LogP contribution in [0.25, 0.3) is 0 Å². The summed E-state index contributed by atoms with van der Waals surface area (Å²) in [5, 5.41) is 8.84. The highest BCUT2D eigenvalue weighted by Gasteiger charge is 2.29. The van der Waals surface area contributed by atoms with Gasteiger partial charge in [0.15, 0.2) is 27.6 Å². The van der Waals surface area contributed by atoms with Gasteiger partial charge in [0.2, 0.25) is 0 Å². The molecule has 1 heterocycles. The molecule has 0 aromatic heterocycles. The number of alkyl halides is 2. The number of hydrogen-bond acceptors (Lipinski definition) is 6. The third-order valence-corrected chi connectivity index (χ3v) is 6.39. The van der Waals surface area contributed by atoms with Crippen molar-refractivity contribution in [2.24, 2.45) is 0 Å². The molecular formula is C22H21F4N3O4S. The molecule has 0 radical (unpaired) electrons. The second-order valence-electron chi connectivity index (χ2n) is 7.66. The summed E-state index contributed by atoms with van der Waals surface area (Å²) in [4.78, 5) is 15.7. The van der Waals surface area contributed by atoms with Crippen LogP contribution in [0.3, 0.4) is 0 Å². The van der Waals surface area contributed by atoms with Gasteiger partial charge in [-0.3, -0.25) is 4.79 Å². The van der Waals surface area contributed by atoms with Crippen molar-refractivity contribution in [3.05, 3.63) is 53.1 Å². The van der Waals surface area contributed by atoms with Crippen LogP contribution in [-0.4, -0.2) is 71.1 Å². The molecule has 2 aromatic rings. The number of carbonyl (C=O) groups excluding carboxylic acids is 1. The summed E-state index contributed by atoms with van der Waals surface area (Å²) in [6, 6.07) is 6.92. The second kappa shape index (κ2) is 10.3. The first-order valence-corrected chi connectivity index (χ1v) is 12.0. The Hall–Kier alpha value is -3.33. The fraction of sp³-hybridized carbons (Fsp3) is 0.364. The van der Waals surface area contributed by atoms with Gasteiger partial charge in [-0.05, 0) is 30.3 Å². The maximum Gasteiger partial charge on any atom is 0.257 e. The first kappa shape index (κ1) is 25.3. The van der Waals surface area contributed by atoms with Gasteiger partial charge in [-0.25, -0.2) is 26.0 Å². The maximum absolute atomic E-state index is 14.4. The number of rotatable bonds is 7. The van der Waals surface area contributed by atoms with Crippen LogP contribution < -0.4 is 9.64 Å². The van der Waals surface area contributed by atoms with Gasteiger partial charge in [0.1, 0.15) is 24.8 Å². The Morgan fingerprint density at radius 2 is 1.68 bits per heavy atom. The van der Waals surface area contributed by atoms with E-state index in [9.17, 15) is 30.8 Å². The smallest absolute Gasteiger partial charge is 0.257 e. The molecule has 12 heteroatoms. The zero-order valence-electron chi connectivity index (χ0n) is 18.1. The molecule has 1 aliphatic rings. The van der Waals surface area contributed by atoms with E-state index in [2.05, 4.69) is 0 Å². The van der Waals surface area contributed by atoms with Gasteiger partial charge in [0, 0.05) is 32.4 Å². The molecule has 0 bridgehead atoms. The summed E-state index contributed by atoms with van der Waals surface area (Å²) in [6.45, 7) is -2.17. The standard InChI is InChI=1S/C22H21F4N3O4S/c1-34(31,32)16-2-3-20(33-15(11-23)12-24)17(10-16)22(30)29-6-4-28(5-7-29)21-18(25)8-14(13-27)9-19(21)26/h2-3,8-10,15H,4-7,11-12H2,1H3. The summed E-state index contributed by atoms with van der Waals surface area (Å²) in [7, 11) is -3.69. The molecule has 2 aromatic carbocycles. The van der Waals surface area contributed by atoms with E-state index in [1.54, 1.807) is 6.07 Å². The molecule has 0 unspecified atom stereocenters. The number of sulfone groups is 1. The van der Waals surface area contributed by atoms with Crippen LogP contribution >= 0.6 is 0 Å². The maximum atomic E-state index is 14.4. The van der Waals surface area contributed by atoms with Crippen LogP contribution in [0.1, 0.15) is 15.9 Å². The van der Waals surface area contributed by atoms with Crippen molar-refractivity contribution < 1.29 is 35.5 Å². The molecule has 182 valence electrons. The number of nitrogens with zero attached hydrogens (tertiary/aromatic N) is 3. The van der Waals surface area contributed by atoms with Crippen LogP contribution in [0.5, 0.6) is 5.75 Å². The number of hydrogen-bond donors (Lipinski definition) is 0. The Bertz CT molecular complexity index is 1200. The number of halogens is 4. The van der Waals surface area contributed by atoms with Crippen molar-refractivity contribution in [3.8, 4) is 11.8 Å².